The van der Waals surface area contributed by atoms with E-state index in [1.807, 2.05) is 0 Å². The van der Waals surface area contributed by atoms with Crippen molar-refractivity contribution in [1.82, 2.24) is 10.2 Å². The highest BCUT2D eigenvalue weighted by molar-refractivity contribution is 5.14. The van der Waals surface area contributed by atoms with Crippen LogP contribution in [0.5, 0.6) is 0 Å². The van der Waals surface area contributed by atoms with Gasteiger partial charge in [0.1, 0.15) is 5.54 Å². The molecule has 0 aromatic rings. The van der Waals surface area contributed by atoms with Gasteiger partial charge in [-0.3, -0.25) is 5.32 Å². The minimum Gasteiger partial charge on any atom is -0.306 e. The zero-order valence-electron chi connectivity index (χ0n) is 12.5. The van der Waals surface area contributed by atoms with Crippen molar-refractivity contribution in [1.29, 1.82) is 5.26 Å². The summed E-state index contributed by atoms with van der Waals surface area (Å²) in [7, 11) is 2.19. The number of nitriles is 1. The van der Waals surface area contributed by atoms with Crippen LogP contribution in [0.1, 0.15) is 46.5 Å². The highest BCUT2D eigenvalue weighted by Crippen LogP contribution is 2.37. The third-order valence-corrected chi connectivity index (χ3v) is 4.05. The van der Waals surface area contributed by atoms with Gasteiger partial charge >= 0.3 is 0 Å². The van der Waals surface area contributed by atoms with Crippen molar-refractivity contribution in [2.24, 2.45) is 11.8 Å². The van der Waals surface area contributed by atoms with Gasteiger partial charge in [0.15, 0.2) is 0 Å². The average Bonchev–Trinajstić information content (AvgIpc) is 2.70. The Bertz CT molecular complexity index is 282. The normalized spacial score (nSPS) is 27.9. The zero-order chi connectivity index (χ0) is 13.6. The van der Waals surface area contributed by atoms with Crippen LogP contribution in [0.3, 0.4) is 0 Å². The second-order valence-corrected chi connectivity index (χ2v) is 6.15. The lowest BCUT2D eigenvalue weighted by atomic mass is 9.85. The highest BCUT2D eigenvalue weighted by Gasteiger charge is 2.42. The minimum absolute atomic E-state index is 0.243. The van der Waals surface area contributed by atoms with Gasteiger partial charge in [-0.25, -0.2) is 0 Å². The summed E-state index contributed by atoms with van der Waals surface area (Å²) >= 11 is 0. The van der Waals surface area contributed by atoms with Crippen LogP contribution in [0.15, 0.2) is 0 Å². The van der Waals surface area contributed by atoms with E-state index in [0.29, 0.717) is 11.8 Å². The Morgan fingerprint density at radius 3 is 2.78 bits per heavy atom. The number of hydrogen-bond acceptors (Lipinski definition) is 3. The maximum atomic E-state index is 9.50. The molecule has 1 fully saturated rings. The molecule has 0 heterocycles. The molecule has 0 amide bonds. The molecule has 3 heteroatoms. The Labute approximate surface area is 113 Å². The monoisotopic (exact) mass is 251 g/mol. The lowest BCUT2D eigenvalue weighted by Gasteiger charge is -2.31. The van der Waals surface area contributed by atoms with Crippen LogP contribution in [-0.4, -0.2) is 37.1 Å². The van der Waals surface area contributed by atoms with Crippen LogP contribution < -0.4 is 5.32 Å². The van der Waals surface area contributed by atoms with E-state index in [0.717, 1.165) is 32.5 Å². The number of hydrogen-bond donors (Lipinski definition) is 1. The van der Waals surface area contributed by atoms with Gasteiger partial charge in [0.25, 0.3) is 0 Å². The van der Waals surface area contributed by atoms with Crippen molar-refractivity contribution in [2.75, 3.05) is 26.7 Å². The molecule has 1 rings (SSSR count). The molecule has 1 aliphatic rings. The van der Waals surface area contributed by atoms with Crippen molar-refractivity contribution < 1.29 is 0 Å². The first-order chi connectivity index (χ1) is 8.54. The second-order valence-electron chi connectivity index (χ2n) is 6.15. The van der Waals surface area contributed by atoms with Gasteiger partial charge < -0.3 is 4.90 Å². The SMILES string of the molecule is CCNC1(C#N)CCCC1CCN(C)CC(C)C. The molecular weight excluding hydrogens is 222 g/mol. The van der Waals surface area contributed by atoms with Crippen molar-refractivity contribution in [2.45, 2.75) is 52.0 Å². The molecule has 0 aromatic carbocycles. The fraction of sp³-hybridized carbons (Fsp3) is 0.933. The van der Waals surface area contributed by atoms with E-state index in [4.69, 9.17) is 0 Å². The van der Waals surface area contributed by atoms with Gasteiger partial charge in [-0.15, -0.1) is 0 Å². The fourth-order valence-electron chi connectivity index (χ4n) is 3.29. The maximum absolute atomic E-state index is 9.50. The third-order valence-electron chi connectivity index (χ3n) is 4.05. The maximum Gasteiger partial charge on any atom is 0.109 e. The third kappa shape index (κ3) is 3.96. The molecule has 0 saturated heterocycles. The van der Waals surface area contributed by atoms with Gasteiger partial charge in [-0.1, -0.05) is 27.2 Å². The van der Waals surface area contributed by atoms with Gasteiger partial charge in [-0.2, -0.15) is 5.26 Å². The number of nitrogens with zero attached hydrogens (tertiary/aromatic N) is 2. The Hall–Kier alpha value is -0.590. The molecule has 0 aliphatic heterocycles. The number of rotatable bonds is 7. The van der Waals surface area contributed by atoms with E-state index >= 15 is 0 Å². The molecule has 0 spiro atoms. The van der Waals surface area contributed by atoms with Gasteiger partial charge in [-0.05, 0) is 51.2 Å². The first kappa shape index (κ1) is 15.5. The summed E-state index contributed by atoms with van der Waals surface area (Å²) < 4.78 is 0. The summed E-state index contributed by atoms with van der Waals surface area (Å²) in [5, 5.41) is 12.9. The summed E-state index contributed by atoms with van der Waals surface area (Å²) in [6.07, 6.45) is 4.56. The van der Waals surface area contributed by atoms with Crippen LogP contribution in [0, 0.1) is 23.2 Å². The molecule has 2 atom stereocenters. The summed E-state index contributed by atoms with van der Waals surface area (Å²) in [6.45, 7) is 9.75. The molecule has 0 aromatic heterocycles. The van der Waals surface area contributed by atoms with E-state index in [9.17, 15) is 5.26 Å². The predicted octanol–water partition coefficient (Wildman–Crippen LogP) is 2.64. The van der Waals surface area contributed by atoms with E-state index in [1.165, 1.54) is 12.8 Å². The second kappa shape index (κ2) is 7.11. The largest absolute Gasteiger partial charge is 0.306 e. The molecule has 1 N–H and O–H groups in total. The Balaban J connectivity index is 2.48. The van der Waals surface area contributed by atoms with Crippen molar-refractivity contribution in [3.63, 3.8) is 0 Å². The quantitative estimate of drug-likeness (QED) is 0.756. The molecule has 3 nitrogen and oxygen atoms in total. The van der Waals surface area contributed by atoms with Crippen molar-refractivity contribution >= 4 is 0 Å². The molecule has 2 unspecified atom stereocenters. The van der Waals surface area contributed by atoms with Crippen LogP contribution in [-0.2, 0) is 0 Å². The van der Waals surface area contributed by atoms with E-state index in [1.54, 1.807) is 0 Å². The Kier molecular flexibility index (Phi) is 6.11. The molecule has 1 aliphatic carbocycles. The first-order valence-corrected chi connectivity index (χ1v) is 7.39. The Morgan fingerprint density at radius 1 is 1.50 bits per heavy atom. The van der Waals surface area contributed by atoms with Gasteiger partial charge in [0.2, 0.25) is 0 Å². The van der Waals surface area contributed by atoms with Gasteiger partial charge in [0, 0.05) is 6.54 Å². The zero-order valence-corrected chi connectivity index (χ0v) is 12.5. The molecule has 0 radical (unpaired) electrons. The molecule has 0 bridgehead atoms. The van der Waals surface area contributed by atoms with Gasteiger partial charge in [0.05, 0.1) is 6.07 Å². The molecular formula is C15H29N3. The topological polar surface area (TPSA) is 39.1 Å². The van der Waals surface area contributed by atoms with Crippen LogP contribution in [0.25, 0.3) is 0 Å². The lowest BCUT2D eigenvalue weighted by molar-refractivity contribution is 0.237. The standard InChI is InChI=1S/C15H29N3/c1-5-17-15(12-16)9-6-7-14(15)8-10-18(4)11-13(2)3/h13-14,17H,5-11H2,1-4H3. The summed E-state index contributed by atoms with van der Waals surface area (Å²) in [5.74, 6) is 1.24. The number of nitrogens with one attached hydrogen (secondary N) is 1. The van der Waals surface area contributed by atoms with Crippen LogP contribution in [0.4, 0.5) is 0 Å². The average molecular weight is 251 g/mol. The smallest absolute Gasteiger partial charge is 0.109 e. The predicted molar refractivity (Wildman–Crippen MR) is 76.3 cm³/mol. The Morgan fingerprint density at radius 2 is 2.22 bits per heavy atom. The van der Waals surface area contributed by atoms with Crippen LogP contribution >= 0.6 is 0 Å². The molecule has 1 saturated carbocycles. The lowest BCUT2D eigenvalue weighted by Crippen LogP contribution is -2.47. The fourth-order valence-corrected chi connectivity index (χ4v) is 3.29. The summed E-state index contributed by atoms with van der Waals surface area (Å²) in [6, 6.07) is 2.56. The highest BCUT2D eigenvalue weighted by atomic mass is 15.1. The van der Waals surface area contributed by atoms with Crippen LogP contribution in [0.2, 0.25) is 0 Å². The van der Waals surface area contributed by atoms with Crippen molar-refractivity contribution in [3.05, 3.63) is 0 Å². The van der Waals surface area contributed by atoms with E-state index in [-0.39, 0.29) is 5.54 Å². The van der Waals surface area contributed by atoms with E-state index in [2.05, 4.69) is 44.1 Å². The molecule has 104 valence electrons. The summed E-state index contributed by atoms with van der Waals surface area (Å²) in [4.78, 5) is 2.40. The summed E-state index contributed by atoms with van der Waals surface area (Å²) in [5.41, 5.74) is -0.243. The first-order valence-electron chi connectivity index (χ1n) is 7.39. The van der Waals surface area contributed by atoms with Crippen molar-refractivity contribution in [3.8, 4) is 6.07 Å². The minimum atomic E-state index is -0.243. The molecule has 18 heavy (non-hydrogen) atoms. The van der Waals surface area contributed by atoms with E-state index < -0.39 is 0 Å².